The van der Waals surface area contributed by atoms with Gasteiger partial charge in [0.05, 0.1) is 79.1 Å². The molecule has 3 atom stereocenters. The largest absolute Gasteiger partial charge is 0.481 e. The fraction of sp³-hybridized carbons (Fsp3) is 0.492. The molecule has 508 valence electrons. The molecule has 94 heavy (non-hydrogen) atoms. The van der Waals surface area contributed by atoms with Gasteiger partial charge in [0.15, 0.2) is 0 Å². The zero-order chi connectivity index (χ0) is 68.5. The van der Waals surface area contributed by atoms with Crippen molar-refractivity contribution in [2.75, 3.05) is 46.2 Å². The lowest BCUT2D eigenvalue weighted by Gasteiger charge is -2.27. The zero-order valence-electron chi connectivity index (χ0n) is 52.5. The van der Waals surface area contributed by atoms with E-state index < -0.39 is 112 Å². The highest BCUT2D eigenvalue weighted by Gasteiger charge is 2.48. The average Bonchev–Trinajstić information content (AvgIpc) is 1.63. The van der Waals surface area contributed by atoms with Gasteiger partial charge in [-0.1, -0.05) is 37.8 Å². The van der Waals surface area contributed by atoms with Gasteiger partial charge in [-0.2, -0.15) is 0 Å². The number of aryl methyl sites for hydroxylation is 2. The van der Waals surface area contributed by atoms with Crippen LogP contribution in [0.25, 0.3) is 0 Å². The summed E-state index contributed by atoms with van der Waals surface area (Å²) in [4.78, 5) is 182. The van der Waals surface area contributed by atoms with Crippen LogP contribution in [-0.2, 0) is 79.7 Å². The van der Waals surface area contributed by atoms with Gasteiger partial charge in [0, 0.05) is 39.0 Å². The maximum atomic E-state index is 13.7. The predicted molar refractivity (Wildman–Crippen MR) is 327 cm³/mol. The maximum Gasteiger partial charge on any atom is 0.308 e. The van der Waals surface area contributed by atoms with Crippen LogP contribution in [0.3, 0.4) is 0 Å². The molecular formula is C65H80FN7O21. The summed E-state index contributed by atoms with van der Waals surface area (Å²) >= 11 is 0. The number of imide groups is 6. The number of aliphatic carboxylic acids is 1. The topological polar surface area (TPSA) is 394 Å². The number of halogens is 1. The number of ether oxygens (including phenoxy) is 5. The Hall–Kier alpha value is -9.32. The van der Waals surface area contributed by atoms with E-state index in [1.165, 1.54) is 12.1 Å². The Bertz CT molecular complexity index is 3450. The quantitative estimate of drug-likeness (QED) is 0.0542. The van der Waals surface area contributed by atoms with Crippen molar-refractivity contribution in [2.24, 2.45) is 5.73 Å². The first-order valence-electron chi connectivity index (χ1n) is 30.2. The smallest absolute Gasteiger partial charge is 0.308 e. The number of piperidine rings is 3. The molecule has 0 saturated carbocycles. The molecule has 3 saturated heterocycles. The van der Waals surface area contributed by atoms with Crippen LogP contribution in [0.5, 0.6) is 0 Å². The van der Waals surface area contributed by atoms with Crippen molar-refractivity contribution in [3.63, 3.8) is 0 Å². The minimum absolute atomic E-state index is 0. The van der Waals surface area contributed by atoms with Gasteiger partial charge in [-0.05, 0) is 122 Å². The van der Waals surface area contributed by atoms with Gasteiger partial charge in [0.25, 0.3) is 35.4 Å². The van der Waals surface area contributed by atoms with E-state index in [0.717, 1.165) is 20.8 Å². The van der Waals surface area contributed by atoms with Gasteiger partial charge in [-0.25, -0.2) is 4.39 Å². The fourth-order valence-corrected chi connectivity index (χ4v) is 10.4. The number of hydrogen-bond acceptors (Lipinski definition) is 21. The summed E-state index contributed by atoms with van der Waals surface area (Å²) in [6.07, 6.45) is 2.96. The summed E-state index contributed by atoms with van der Waals surface area (Å²) in [5.41, 5.74) is 6.36. The number of esters is 2. The van der Waals surface area contributed by atoms with Gasteiger partial charge in [-0.15, -0.1) is 0 Å². The van der Waals surface area contributed by atoms with Crippen LogP contribution in [0.15, 0.2) is 54.6 Å². The fourth-order valence-electron chi connectivity index (χ4n) is 10.4. The molecule has 0 aromatic heterocycles. The number of carboxylic acid groups (broad SMARTS) is 1. The zero-order valence-corrected chi connectivity index (χ0v) is 52.5. The number of hydrogen-bond donors (Lipinski definition) is 5. The third kappa shape index (κ3) is 20.1. The third-order valence-electron chi connectivity index (χ3n) is 14.5. The first-order valence-corrected chi connectivity index (χ1v) is 30.2. The lowest BCUT2D eigenvalue weighted by molar-refractivity contribution is -0.157. The van der Waals surface area contributed by atoms with Crippen molar-refractivity contribution in [1.29, 1.82) is 0 Å². The number of nitrogens with zero attached hydrogens (tertiary/aromatic N) is 3. The van der Waals surface area contributed by atoms with Crippen LogP contribution in [0, 0.1) is 5.82 Å². The van der Waals surface area contributed by atoms with E-state index in [-0.39, 0.29) is 118 Å². The molecule has 28 nitrogen and oxygen atoms in total. The lowest BCUT2D eigenvalue weighted by atomic mass is 9.99. The summed E-state index contributed by atoms with van der Waals surface area (Å²) in [6, 6.07) is 10.7. The highest BCUT2D eigenvalue weighted by Crippen LogP contribution is 2.33. The van der Waals surface area contributed by atoms with Crippen molar-refractivity contribution < 1.29 is 105 Å². The van der Waals surface area contributed by atoms with Crippen molar-refractivity contribution in [1.82, 2.24) is 30.7 Å². The average molecular weight is 1310 g/mol. The van der Waals surface area contributed by atoms with Crippen LogP contribution >= 0.6 is 0 Å². The molecule has 0 aliphatic carbocycles. The minimum atomic E-state index is -1.07. The molecule has 0 radical (unpaired) electrons. The summed E-state index contributed by atoms with van der Waals surface area (Å²) in [5, 5.41) is 15.0. The standard InChI is InChI=1S/C23H28N2O7.C19H20N2O7.C13H9FN2O4.C9H19NO3.CH4/c1-23(2,3)32-18(27)11-13-31-12-5-7-14-6-4-8-15-19(14)22(30)25(21(15)29)16-9-10-17(26)24-20(16)28;22-14-7-6-13(17(25)20-14)21-18(26)12-5-1-3-11(16(12)19(21)27)4-2-9-28-10-8-15(23)24;14-7-3-1-2-6-10(7)13(20)16(12(6)19)8-4-5-9(17)15-11(8)18;1-9(2,3)13-8(11)4-6-12-7-5-10;/h4,6,8,16H,5,7,9-13H2,1-3H3,(H,24,26,28);1,3,5,13H,2,4,6-10H2,(H,23,24)(H,20,22,25);1-3,8H,4-5H2,(H,15,17,18);4-7,10H2,1-3H3;1H4. The Morgan fingerprint density at radius 2 is 0.819 bits per heavy atom. The molecule has 0 spiro atoms. The number of nitrogens with two attached hydrogens (primary N) is 1. The van der Waals surface area contributed by atoms with E-state index in [0.29, 0.717) is 75.3 Å². The number of carboxylic acids is 1. The van der Waals surface area contributed by atoms with Crippen LogP contribution < -0.4 is 21.7 Å². The first-order chi connectivity index (χ1) is 43.9. The lowest BCUT2D eigenvalue weighted by Crippen LogP contribution is -2.54. The van der Waals surface area contributed by atoms with Gasteiger partial charge >= 0.3 is 17.9 Å². The number of benzene rings is 3. The molecule has 6 aliphatic rings. The Kier molecular flexibility index (Phi) is 27.3. The number of carbonyl (C=O) groups is 15. The van der Waals surface area contributed by atoms with E-state index in [1.807, 2.05) is 20.8 Å². The number of fused-ring (bicyclic) bond motifs is 3. The summed E-state index contributed by atoms with van der Waals surface area (Å²) in [6.45, 7) is 13.3. The van der Waals surface area contributed by atoms with Crippen LogP contribution in [-0.4, -0.2) is 184 Å². The summed E-state index contributed by atoms with van der Waals surface area (Å²) in [7, 11) is 0. The van der Waals surface area contributed by atoms with Crippen molar-refractivity contribution in [2.45, 2.75) is 162 Å². The molecule has 0 bridgehead atoms. The number of nitrogens with one attached hydrogen (secondary N) is 3. The maximum absolute atomic E-state index is 13.7. The molecular weight excluding hydrogens is 1230 g/mol. The second kappa shape index (κ2) is 34.0. The van der Waals surface area contributed by atoms with Gasteiger partial charge in [-0.3, -0.25) is 103 Å². The predicted octanol–water partition coefficient (Wildman–Crippen LogP) is 3.84. The van der Waals surface area contributed by atoms with E-state index >= 15 is 0 Å². The minimum Gasteiger partial charge on any atom is -0.481 e. The normalized spacial score (nSPS) is 18.3. The Morgan fingerprint density at radius 1 is 0.489 bits per heavy atom. The summed E-state index contributed by atoms with van der Waals surface area (Å²) < 4.78 is 39.7. The Balaban J connectivity index is 0.000000237. The number of amides is 12. The SMILES string of the molecule is C.CC(C)(C)OC(=O)CCOCCCc1cccc2c1C(=O)N(C1CCC(=O)NC1=O)C2=O.CC(C)(C)OC(=O)CCOCCN.O=C(O)CCOCCCc1cccc2c1C(=O)N(C1CCC(=O)NC1=O)C2=O.O=C1CCC(N2C(=O)c3cccc(F)c3C2=O)C(=O)N1. The van der Waals surface area contributed by atoms with Crippen molar-refractivity contribution in [3.8, 4) is 0 Å². The Morgan fingerprint density at radius 3 is 1.15 bits per heavy atom. The molecule has 3 aromatic rings. The molecule has 3 aromatic carbocycles. The highest BCUT2D eigenvalue weighted by molar-refractivity contribution is 6.26. The van der Waals surface area contributed by atoms with E-state index in [1.54, 1.807) is 57.2 Å². The van der Waals surface area contributed by atoms with Crippen molar-refractivity contribution >= 4 is 88.8 Å². The third-order valence-corrected chi connectivity index (χ3v) is 14.5. The monoisotopic (exact) mass is 1310 g/mol. The first kappa shape index (κ1) is 75.4. The molecule has 9 rings (SSSR count). The van der Waals surface area contributed by atoms with Gasteiger partial charge in [0.1, 0.15) is 35.1 Å². The van der Waals surface area contributed by atoms with Crippen molar-refractivity contribution in [3.05, 3.63) is 105 Å². The number of rotatable bonds is 22. The van der Waals surface area contributed by atoms with Crippen LogP contribution in [0.1, 0.15) is 193 Å². The van der Waals surface area contributed by atoms with E-state index in [2.05, 4.69) is 16.0 Å². The summed E-state index contributed by atoms with van der Waals surface area (Å²) in [5.74, 6) is -9.18. The van der Waals surface area contributed by atoms with Gasteiger partial charge < -0.3 is 34.5 Å². The van der Waals surface area contributed by atoms with Crippen LogP contribution in [0.4, 0.5) is 4.39 Å². The second-order valence-electron chi connectivity index (χ2n) is 23.8. The molecule has 6 N–H and O–H groups in total. The van der Waals surface area contributed by atoms with E-state index in [9.17, 15) is 76.3 Å². The van der Waals surface area contributed by atoms with Crippen LogP contribution in [0.2, 0.25) is 0 Å². The molecule has 29 heteroatoms. The highest BCUT2D eigenvalue weighted by atomic mass is 19.1. The molecule has 6 aliphatic heterocycles. The van der Waals surface area contributed by atoms with Gasteiger partial charge in [0.2, 0.25) is 35.4 Å². The second-order valence-corrected chi connectivity index (χ2v) is 23.8. The molecule has 12 amide bonds. The number of carbonyl (C=O) groups excluding carboxylic acids is 14. The molecule has 6 heterocycles. The Labute approximate surface area is 541 Å². The molecule has 3 unspecified atom stereocenters. The molecule has 3 fully saturated rings. The van der Waals surface area contributed by atoms with E-state index in [4.69, 9.17) is 34.5 Å².